The standard InChI is InChI=1S/C19H21F2N3O2/c1-12-10-22-13(2)17(23-12)24-7-3-6-19(11-24,18(25)26)9-14-4-5-15(20)8-16(14)21/h4-5,8,10H,3,6-7,9,11H2,1-2H3,(H,25,26)/t19-/m0/s1. The molecule has 0 saturated carbocycles. The molecule has 1 aliphatic heterocycles. The summed E-state index contributed by atoms with van der Waals surface area (Å²) in [5.41, 5.74) is 0.531. The Balaban J connectivity index is 1.93. The number of aromatic nitrogens is 2. The van der Waals surface area contributed by atoms with Crippen molar-refractivity contribution in [3.05, 3.63) is 53.0 Å². The Morgan fingerprint density at radius 2 is 2.12 bits per heavy atom. The van der Waals surface area contributed by atoms with Crippen molar-refractivity contribution in [3.63, 3.8) is 0 Å². The Labute approximate surface area is 150 Å². The van der Waals surface area contributed by atoms with E-state index >= 15 is 0 Å². The summed E-state index contributed by atoms with van der Waals surface area (Å²) in [6, 6.07) is 3.28. The summed E-state index contributed by atoms with van der Waals surface area (Å²) in [4.78, 5) is 22.8. The molecule has 1 fully saturated rings. The zero-order valence-electron chi connectivity index (χ0n) is 14.8. The molecular formula is C19H21F2N3O2. The number of aliphatic carboxylic acids is 1. The number of carboxylic acids is 1. The molecule has 26 heavy (non-hydrogen) atoms. The Hall–Kier alpha value is -2.57. The lowest BCUT2D eigenvalue weighted by molar-refractivity contribution is -0.149. The number of hydrogen-bond acceptors (Lipinski definition) is 4. The van der Waals surface area contributed by atoms with E-state index in [1.54, 1.807) is 6.20 Å². The monoisotopic (exact) mass is 361 g/mol. The van der Waals surface area contributed by atoms with Crippen molar-refractivity contribution in [2.75, 3.05) is 18.0 Å². The average Bonchev–Trinajstić information content (AvgIpc) is 2.59. The molecule has 1 aliphatic rings. The van der Waals surface area contributed by atoms with Crippen LogP contribution in [0.15, 0.2) is 24.4 Å². The van der Waals surface area contributed by atoms with Gasteiger partial charge in [-0.3, -0.25) is 9.78 Å². The molecule has 7 heteroatoms. The number of benzene rings is 1. The Bertz CT molecular complexity index is 844. The Morgan fingerprint density at radius 1 is 1.35 bits per heavy atom. The van der Waals surface area contributed by atoms with Crippen molar-refractivity contribution >= 4 is 11.8 Å². The van der Waals surface area contributed by atoms with Crippen molar-refractivity contribution in [2.24, 2.45) is 5.41 Å². The van der Waals surface area contributed by atoms with Crippen molar-refractivity contribution in [1.82, 2.24) is 9.97 Å². The van der Waals surface area contributed by atoms with Crippen molar-refractivity contribution in [1.29, 1.82) is 0 Å². The van der Waals surface area contributed by atoms with E-state index < -0.39 is 23.0 Å². The number of nitrogens with zero attached hydrogens (tertiary/aromatic N) is 3. The first-order valence-electron chi connectivity index (χ1n) is 8.53. The maximum absolute atomic E-state index is 14.1. The average molecular weight is 361 g/mol. The topological polar surface area (TPSA) is 66.3 Å². The highest BCUT2D eigenvalue weighted by atomic mass is 19.1. The van der Waals surface area contributed by atoms with Gasteiger partial charge in [0, 0.05) is 25.4 Å². The van der Waals surface area contributed by atoms with Crippen LogP contribution in [0.2, 0.25) is 0 Å². The van der Waals surface area contributed by atoms with Gasteiger partial charge in [-0.2, -0.15) is 0 Å². The summed E-state index contributed by atoms with van der Waals surface area (Å²) in [6.45, 7) is 4.54. The third-order valence-electron chi connectivity index (χ3n) is 4.92. The minimum absolute atomic E-state index is 0.00321. The maximum Gasteiger partial charge on any atom is 0.311 e. The zero-order chi connectivity index (χ0) is 18.9. The molecule has 138 valence electrons. The maximum atomic E-state index is 14.1. The molecule has 0 unspecified atom stereocenters. The molecule has 3 rings (SSSR count). The summed E-state index contributed by atoms with van der Waals surface area (Å²) >= 11 is 0. The normalized spacial score (nSPS) is 20.2. The van der Waals surface area contributed by atoms with E-state index in [-0.39, 0.29) is 18.5 Å². The van der Waals surface area contributed by atoms with Gasteiger partial charge in [-0.1, -0.05) is 6.07 Å². The zero-order valence-corrected chi connectivity index (χ0v) is 14.8. The minimum Gasteiger partial charge on any atom is -0.481 e. The number of halogens is 2. The van der Waals surface area contributed by atoms with Gasteiger partial charge in [0.1, 0.15) is 17.5 Å². The van der Waals surface area contributed by atoms with Gasteiger partial charge in [-0.05, 0) is 44.7 Å². The van der Waals surface area contributed by atoms with Crippen LogP contribution in [0.4, 0.5) is 14.6 Å². The number of piperidine rings is 1. The predicted octanol–water partition coefficient (Wildman–Crippen LogP) is 3.29. The smallest absolute Gasteiger partial charge is 0.311 e. The molecule has 2 aromatic rings. The van der Waals surface area contributed by atoms with E-state index in [4.69, 9.17) is 0 Å². The highest BCUT2D eigenvalue weighted by Crippen LogP contribution is 2.37. The summed E-state index contributed by atoms with van der Waals surface area (Å²) in [7, 11) is 0. The number of aryl methyl sites for hydroxylation is 2. The highest BCUT2D eigenvalue weighted by Gasteiger charge is 2.43. The fourth-order valence-electron chi connectivity index (χ4n) is 3.56. The fourth-order valence-corrected chi connectivity index (χ4v) is 3.56. The van der Waals surface area contributed by atoms with Gasteiger partial charge in [-0.25, -0.2) is 13.8 Å². The van der Waals surface area contributed by atoms with Gasteiger partial charge < -0.3 is 10.0 Å². The van der Waals surface area contributed by atoms with E-state index in [2.05, 4.69) is 9.97 Å². The Morgan fingerprint density at radius 3 is 2.81 bits per heavy atom. The van der Waals surface area contributed by atoms with Gasteiger partial charge in [0.05, 0.1) is 16.8 Å². The van der Waals surface area contributed by atoms with Gasteiger partial charge in [0.2, 0.25) is 0 Å². The highest BCUT2D eigenvalue weighted by molar-refractivity contribution is 5.76. The summed E-state index contributed by atoms with van der Waals surface area (Å²) < 4.78 is 27.3. The number of carbonyl (C=O) groups is 1. The largest absolute Gasteiger partial charge is 0.481 e. The van der Waals surface area contributed by atoms with E-state index in [0.717, 1.165) is 23.5 Å². The van der Waals surface area contributed by atoms with Gasteiger partial charge >= 0.3 is 5.97 Å². The number of hydrogen-bond donors (Lipinski definition) is 1. The van der Waals surface area contributed by atoms with E-state index in [1.165, 1.54) is 6.07 Å². The van der Waals surface area contributed by atoms with E-state index in [1.807, 2.05) is 18.7 Å². The Kier molecular flexibility index (Phi) is 4.89. The van der Waals surface area contributed by atoms with Crippen LogP contribution >= 0.6 is 0 Å². The molecule has 5 nitrogen and oxygen atoms in total. The van der Waals surface area contributed by atoms with Gasteiger partial charge in [-0.15, -0.1) is 0 Å². The first-order valence-corrected chi connectivity index (χ1v) is 8.53. The number of anilines is 1. The first kappa shape index (κ1) is 18.2. The lowest BCUT2D eigenvalue weighted by Gasteiger charge is -2.41. The molecule has 0 aliphatic carbocycles. The lowest BCUT2D eigenvalue weighted by Crippen LogP contribution is -2.50. The SMILES string of the molecule is Cc1cnc(C)c(N2CCC[C@@](Cc3ccc(F)cc3F)(C(=O)O)C2)n1. The van der Waals surface area contributed by atoms with Crippen LogP contribution in [0.1, 0.15) is 29.8 Å². The van der Waals surface area contributed by atoms with Crippen LogP contribution in [0.25, 0.3) is 0 Å². The van der Waals surface area contributed by atoms with Crippen LogP contribution in [-0.4, -0.2) is 34.1 Å². The summed E-state index contributed by atoms with van der Waals surface area (Å²) in [5.74, 6) is -1.71. The second-order valence-electron chi connectivity index (χ2n) is 6.94. The molecule has 0 radical (unpaired) electrons. The van der Waals surface area contributed by atoms with Crippen LogP contribution in [0.3, 0.4) is 0 Å². The molecule has 1 atom stereocenters. The molecule has 0 spiro atoms. The van der Waals surface area contributed by atoms with Gasteiger partial charge in [0.15, 0.2) is 0 Å². The molecule has 0 amide bonds. The third-order valence-corrected chi connectivity index (χ3v) is 4.92. The predicted molar refractivity (Wildman–Crippen MR) is 93.1 cm³/mol. The van der Waals surface area contributed by atoms with Crippen LogP contribution in [0.5, 0.6) is 0 Å². The number of carboxylic acid groups (broad SMARTS) is 1. The summed E-state index contributed by atoms with van der Waals surface area (Å²) in [5, 5.41) is 9.92. The quantitative estimate of drug-likeness (QED) is 0.905. The fraction of sp³-hybridized carbons (Fsp3) is 0.421. The van der Waals surface area contributed by atoms with Gasteiger partial charge in [0.25, 0.3) is 0 Å². The molecule has 1 aromatic carbocycles. The van der Waals surface area contributed by atoms with Crippen LogP contribution in [-0.2, 0) is 11.2 Å². The van der Waals surface area contributed by atoms with Crippen LogP contribution < -0.4 is 4.90 Å². The van der Waals surface area contributed by atoms with Crippen molar-refractivity contribution in [3.8, 4) is 0 Å². The molecule has 1 aromatic heterocycles. The van der Waals surface area contributed by atoms with Crippen LogP contribution in [0, 0.1) is 30.9 Å². The molecule has 2 heterocycles. The minimum atomic E-state index is -1.16. The molecule has 1 N–H and O–H groups in total. The second-order valence-corrected chi connectivity index (χ2v) is 6.94. The van der Waals surface area contributed by atoms with Crippen molar-refractivity contribution < 1.29 is 18.7 Å². The first-order chi connectivity index (χ1) is 12.3. The van der Waals surface area contributed by atoms with Crippen molar-refractivity contribution in [2.45, 2.75) is 33.1 Å². The van der Waals surface area contributed by atoms with E-state index in [9.17, 15) is 18.7 Å². The lowest BCUT2D eigenvalue weighted by atomic mass is 9.75. The molecule has 1 saturated heterocycles. The molecule has 0 bridgehead atoms. The molecular weight excluding hydrogens is 340 g/mol. The summed E-state index contributed by atoms with van der Waals surface area (Å²) in [6.07, 6.45) is 2.74. The second kappa shape index (κ2) is 6.97. The number of rotatable bonds is 4. The van der Waals surface area contributed by atoms with E-state index in [0.29, 0.717) is 25.2 Å². The third kappa shape index (κ3) is 3.52.